The van der Waals surface area contributed by atoms with Crippen LogP contribution in [-0.2, 0) is 6.61 Å². The summed E-state index contributed by atoms with van der Waals surface area (Å²) in [7, 11) is 1.60. The maximum Gasteiger partial charge on any atom is 0.257 e. The van der Waals surface area contributed by atoms with Crippen LogP contribution in [0, 0.1) is 5.92 Å². The molecule has 0 radical (unpaired) electrons. The first-order chi connectivity index (χ1) is 16.0. The molecular weight excluding hydrogens is 438 g/mol. The van der Waals surface area contributed by atoms with Crippen molar-refractivity contribution in [3.63, 3.8) is 0 Å². The van der Waals surface area contributed by atoms with Gasteiger partial charge in [-0.25, -0.2) is 0 Å². The van der Waals surface area contributed by atoms with Crippen LogP contribution >= 0.6 is 11.6 Å². The molecule has 3 aromatic rings. The summed E-state index contributed by atoms with van der Waals surface area (Å²) in [5.41, 5.74) is 2.19. The van der Waals surface area contributed by atoms with E-state index >= 15 is 0 Å². The Balaban J connectivity index is 1.37. The summed E-state index contributed by atoms with van der Waals surface area (Å²) in [5, 5.41) is 0.670. The average molecular weight is 464 g/mol. The van der Waals surface area contributed by atoms with Crippen molar-refractivity contribution in [2.75, 3.05) is 20.2 Å². The highest BCUT2D eigenvalue weighted by atomic mass is 35.5. The number of nitrogens with zero attached hydrogens (tertiary/aromatic N) is 1. The number of ketones is 1. The lowest BCUT2D eigenvalue weighted by Crippen LogP contribution is -2.40. The van der Waals surface area contributed by atoms with Gasteiger partial charge in [-0.15, -0.1) is 0 Å². The maximum atomic E-state index is 13.2. The van der Waals surface area contributed by atoms with E-state index in [1.54, 1.807) is 37.4 Å². The van der Waals surface area contributed by atoms with Gasteiger partial charge >= 0.3 is 0 Å². The molecule has 170 valence electrons. The summed E-state index contributed by atoms with van der Waals surface area (Å²) < 4.78 is 11.1. The second kappa shape index (κ2) is 10.5. The number of piperidine rings is 1. The fourth-order valence-electron chi connectivity index (χ4n) is 4.02. The van der Waals surface area contributed by atoms with Crippen LogP contribution < -0.4 is 9.47 Å². The van der Waals surface area contributed by atoms with E-state index in [0.29, 0.717) is 54.4 Å². The van der Waals surface area contributed by atoms with E-state index in [0.717, 1.165) is 11.3 Å². The number of carbonyl (C=O) groups excluding carboxylic acids is 2. The molecule has 0 N–H and O–H groups in total. The fraction of sp³-hybridized carbons (Fsp3) is 0.259. The third-order valence-electron chi connectivity index (χ3n) is 5.95. The number of Topliss-reactive ketones (excluding diaryl/α,β-unsaturated/α-hetero) is 1. The van der Waals surface area contributed by atoms with Gasteiger partial charge < -0.3 is 14.4 Å². The molecule has 1 aliphatic heterocycles. The van der Waals surface area contributed by atoms with Crippen LogP contribution in [0.4, 0.5) is 0 Å². The first kappa shape index (κ1) is 22.9. The van der Waals surface area contributed by atoms with Crippen molar-refractivity contribution in [1.29, 1.82) is 0 Å². The normalized spacial score (nSPS) is 14.1. The third-order valence-corrected chi connectivity index (χ3v) is 6.20. The predicted octanol–water partition coefficient (Wildman–Crippen LogP) is 5.66. The lowest BCUT2D eigenvalue weighted by Gasteiger charge is -2.31. The lowest BCUT2D eigenvalue weighted by molar-refractivity contribution is 0.0646. The molecule has 1 heterocycles. The molecular formula is C27H26ClNO4. The number of rotatable bonds is 7. The van der Waals surface area contributed by atoms with Gasteiger partial charge in [-0.2, -0.15) is 0 Å². The fourth-order valence-corrected chi connectivity index (χ4v) is 4.14. The van der Waals surface area contributed by atoms with Crippen molar-refractivity contribution in [3.8, 4) is 11.5 Å². The van der Waals surface area contributed by atoms with Crippen LogP contribution in [0.15, 0.2) is 72.8 Å². The van der Waals surface area contributed by atoms with Crippen molar-refractivity contribution < 1.29 is 19.1 Å². The number of hydrogen-bond donors (Lipinski definition) is 0. The molecule has 0 bridgehead atoms. The van der Waals surface area contributed by atoms with E-state index in [2.05, 4.69) is 0 Å². The first-order valence-electron chi connectivity index (χ1n) is 11.0. The molecule has 0 atom stereocenters. The molecule has 0 aromatic heterocycles. The second-order valence-corrected chi connectivity index (χ2v) is 8.51. The summed E-state index contributed by atoms with van der Waals surface area (Å²) in [6.07, 6.45) is 1.29. The summed E-state index contributed by atoms with van der Waals surface area (Å²) in [5.74, 6) is 1.24. The summed E-state index contributed by atoms with van der Waals surface area (Å²) >= 11 is 5.94. The topological polar surface area (TPSA) is 55.8 Å². The van der Waals surface area contributed by atoms with E-state index < -0.39 is 0 Å². The Labute approximate surface area is 198 Å². The summed E-state index contributed by atoms with van der Waals surface area (Å²) in [4.78, 5) is 27.9. The van der Waals surface area contributed by atoms with Crippen molar-refractivity contribution in [2.24, 2.45) is 5.92 Å². The van der Waals surface area contributed by atoms with Crippen LogP contribution in [-0.4, -0.2) is 36.8 Å². The predicted molar refractivity (Wildman–Crippen MR) is 128 cm³/mol. The zero-order valence-corrected chi connectivity index (χ0v) is 19.3. The zero-order chi connectivity index (χ0) is 23.2. The first-order valence-corrected chi connectivity index (χ1v) is 11.4. The molecule has 0 aliphatic carbocycles. The SMILES string of the molecule is COc1ccc(C(=O)C2CCN(C(=O)c3ccccc3OCc3ccc(Cl)cc3)CC2)cc1. The molecule has 4 rings (SSSR count). The van der Waals surface area contributed by atoms with E-state index in [9.17, 15) is 9.59 Å². The van der Waals surface area contributed by atoms with Gasteiger partial charge in [0.15, 0.2) is 5.78 Å². The van der Waals surface area contributed by atoms with Crippen LogP contribution in [0.25, 0.3) is 0 Å². The Hall–Kier alpha value is -3.31. The van der Waals surface area contributed by atoms with Crippen LogP contribution in [0.5, 0.6) is 11.5 Å². The van der Waals surface area contributed by atoms with Gasteiger partial charge in [0.2, 0.25) is 0 Å². The largest absolute Gasteiger partial charge is 0.497 e. The Morgan fingerprint density at radius 2 is 1.61 bits per heavy atom. The minimum absolute atomic E-state index is 0.0722. The number of benzene rings is 3. The molecule has 0 unspecified atom stereocenters. The van der Waals surface area contributed by atoms with Gasteiger partial charge in [0, 0.05) is 29.6 Å². The average Bonchev–Trinajstić information content (AvgIpc) is 2.88. The van der Waals surface area contributed by atoms with Crippen molar-refractivity contribution in [3.05, 3.63) is 94.5 Å². The highest BCUT2D eigenvalue weighted by molar-refractivity contribution is 6.30. The Morgan fingerprint density at radius 1 is 0.939 bits per heavy atom. The molecule has 1 amide bonds. The summed E-state index contributed by atoms with van der Waals surface area (Å²) in [6, 6.07) is 21.9. The molecule has 5 nitrogen and oxygen atoms in total. The molecule has 1 saturated heterocycles. The van der Waals surface area contributed by atoms with Gasteiger partial charge in [0.1, 0.15) is 18.1 Å². The molecule has 0 saturated carbocycles. The van der Waals surface area contributed by atoms with E-state index in [1.165, 1.54) is 0 Å². The Morgan fingerprint density at radius 3 is 2.27 bits per heavy atom. The number of amides is 1. The molecule has 1 aliphatic rings. The maximum absolute atomic E-state index is 13.2. The Bertz CT molecular complexity index is 1100. The lowest BCUT2D eigenvalue weighted by atomic mass is 9.88. The summed E-state index contributed by atoms with van der Waals surface area (Å²) in [6.45, 7) is 1.42. The number of methoxy groups -OCH3 is 1. The second-order valence-electron chi connectivity index (χ2n) is 8.07. The number of halogens is 1. The number of carbonyl (C=O) groups is 2. The number of para-hydroxylation sites is 1. The van der Waals surface area contributed by atoms with Gasteiger partial charge in [-0.3, -0.25) is 9.59 Å². The molecule has 1 fully saturated rings. The third kappa shape index (κ3) is 5.55. The van der Waals surface area contributed by atoms with Crippen LogP contribution in [0.3, 0.4) is 0 Å². The Kier molecular flexibility index (Phi) is 7.30. The zero-order valence-electron chi connectivity index (χ0n) is 18.5. The number of likely N-dealkylation sites (tertiary alicyclic amines) is 1. The minimum atomic E-state index is -0.0844. The molecule has 6 heteroatoms. The highest BCUT2D eigenvalue weighted by Gasteiger charge is 2.29. The van der Waals surface area contributed by atoms with Crippen LogP contribution in [0.1, 0.15) is 39.1 Å². The van der Waals surface area contributed by atoms with Crippen molar-refractivity contribution >= 4 is 23.3 Å². The van der Waals surface area contributed by atoms with E-state index in [1.807, 2.05) is 47.4 Å². The van der Waals surface area contributed by atoms with Gasteiger partial charge in [-0.05, 0) is 66.9 Å². The minimum Gasteiger partial charge on any atom is -0.497 e. The standard InChI is InChI=1S/C27H26ClNO4/c1-32-23-12-8-20(9-13-23)26(30)21-14-16-29(17-15-21)27(31)24-4-2-3-5-25(24)33-18-19-6-10-22(28)11-7-19/h2-13,21H,14-18H2,1H3. The smallest absolute Gasteiger partial charge is 0.257 e. The van der Waals surface area contributed by atoms with Gasteiger partial charge in [0.25, 0.3) is 5.91 Å². The van der Waals surface area contributed by atoms with Crippen LogP contribution in [0.2, 0.25) is 5.02 Å². The molecule has 0 spiro atoms. The van der Waals surface area contributed by atoms with E-state index in [-0.39, 0.29) is 17.6 Å². The monoisotopic (exact) mass is 463 g/mol. The van der Waals surface area contributed by atoms with Gasteiger partial charge in [-0.1, -0.05) is 35.9 Å². The number of hydrogen-bond acceptors (Lipinski definition) is 4. The van der Waals surface area contributed by atoms with Crippen molar-refractivity contribution in [2.45, 2.75) is 19.4 Å². The molecule has 33 heavy (non-hydrogen) atoms. The van der Waals surface area contributed by atoms with E-state index in [4.69, 9.17) is 21.1 Å². The number of ether oxygens (including phenoxy) is 2. The quantitative estimate of drug-likeness (QED) is 0.424. The highest BCUT2D eigenvalue weighted by Crippen LogP contribution is 2.27. The molecule has 3 aromatic carbocycles. The van der Waals surface area contributed by atoms with Gasteiger partial charge in [0.05, 0.1) is 12.7 Å². The van der Waals surface area contributed by atoms with Crippen molar-refractivity contribution in [1.82, 2.24) is 4.90 Å².